The highest BCUT2D eigenvalue weighted by Gasteiger charge is 2.31. The molecule has 4 N–H and O–H groups in total. The molecule has 1 aromatic heterocycles. The predicted molar refractivity (Wildman–Crippen MR) is 48.9 cm³/mol. The molecular formula is C9H13NO4. The topological polar surface area (TPSA) is 96.7 Å². The van der Waals surface area contributed by atoms with Crippen molar-refractivity contribution in [2.75, 3.05) is 0 Å². The molecule has 0 saturated carbocycles. The summed E-state index contributed by atoms with van der Waals surface area (Å²) >= 11 is 0. The van der Waals surface area contributed by atoms with Gasteiger partial charge >= 0.3 is 5.97 Å². The van der Waals surface area contributed by atoms with E-state index >= 15 is 0 Å². The third-order valence-corrected chi connectivity index (χ3v) is 2.20. The van der Waals surface area contributed by atoms with Crippen LogP contribution in [0.2, 0.25) is 0 Å². The van der Waals surface area contributed by atoms with Crippen molar-refractivity contribution in [3.8, 4) is 0 Å². The maximum Gasteiger partial charge on any atom is 0.371 e. The molecule has 78 valence electrons. The van der Waals surface area contributed by atoms with Crippen molar-refractivity contribution >= 4 is 5.97 Å². The Labute approximate surface area is 81.1 Å². The molecule has 0 amide bonds. The number of carbonyl (C=O) groups is 1. The first kappa shape index (κ1) is 10.7. The van der Waals surface area contributed by atoms with E-state index in [9.17, 15) is 9.90 Å². The van der Waals surface area contributed by atoms with Crippen molar-refractivity contribution in [3.05, 3.63) is 23.7 Å². The van der Waals surface area contributed by atoms with E-state index in [4.69, 9.17) is 15.3 Å². The predicted octanol–water partition coefficient (Wildman–Crippen LogP) is 0.533. The first-order valence-corrected chi connectivity index (χ1v) is 4.17. The van der Waals surface area contributed by atoms with Crippen molar-refractivity contribution in [2.45, 2.75) is 25.5 Å². The standard InChI is InChI=1S/C9H13NO4/c1-5(10)9(2,13)7-4-3-6(14-7)8(11)12/h3-5,13H,10H2,1-2H3,(H,11,12). The number of carboxylic acid groups (broad SMARTS) is 1. The van der Waals surface area contributed by atoms with Crippen molar-refractivity contribution < 1.29 is 19.4 Å². The van der Waals surface area contributed by atoms with E-state index in [1.54, 1.807) is 6.92 Å². The Morgan fingerprint density at radius 3 is 2.57 bits per heavy atom. The first-order chi connectivity index (χ1) is 6.35. The molecule has 2 unspecified atom stereocenters. The third-order valence-electron chi connectivity index (χ3n) is 2.20. The van der Waals surface area contributed by atoms with Gasteiger partial charge in [-0.3, -0.25) is 0 Å². The Morgan fingerprint density at radius 2 is 2.21 bits per heavy atom. The van der Waals surface area contributed by atoms with E-state index in [2.05, 4.69) is 0 Å². The molecule has 1 heterocycles. The highest BCUT2D eigenvalue weighted by atomic mass is 16.4. The van der Waals surface area contributed by atoms with E-state index in [1.807, 2.05) is 0 Å². The van der Waals surface area contributed by atoms with Gasteiger partial charge in [0.05, 0.1) is 0 Å². The average Bonchev–Trinajstić information content (AvgIpc) is 2.51. The molecule has 5 heteroatoms. The maximum atomic E-state index is 10.5. The molecule has 0 fully saturated rings. The number of furan rings is 1. The van der Waals surface area contributed by atoms with E-state index < -0.39 is 17.6 Å². The molecule has 14 heavy (non-hydrogen) atoms. The summed E-state index contributed by atoms with van der Waals surface area (Å²) in [5.41, 5.74) is 4.18. The summed E-state index contributed by atoms with van der Waals surface area (Å²) in [5, 5.41) is 18.4. The molecule has 2 atom stereocenters. The summed E-state index contributed by atoms with van der Waals surface area (Å²) in [4.78, 5) is 10.5. The van der Waals surface area contributed by atoms with E-state index in [0.717, 1.165) is 0 Å². The molecule has 0 bridgehead atoms. The summed E-state index contributed by atoms with van der Waals surface area (Å²) in [7, 11) is 0. The Balaban J connectivity index is 3.02. The number of hydrogen-bond donors (Lipinski definition) is 3. The van der Waals surface area contributed by atoms with Crippen LogP contribution in [0.4, 0.5) is 0 Å². The van der Waals surface area contributed by atoms with Crippen LogP contribution in [0.1, 0.15) is 30.2 Å². The molecule has 0 saturated heterocycles. The van der Waals surface area contributed by atoms with Crippen LogP contribution in [0, 0.1) is 0 Å². The lowest BCUT2D eigenvalue weighted by molar-refractivity contribution is 0.0118. The molecule has 5 nitrogen and oxygen atoms in total. The smallest absolute Gasteiger partial charge is 0.371 e. The van der Waals surface area contributed by atoms with Gasteiger partial charge in [0, 0.05) is 6.04 Å². The molecule has 0 aliphatic carbocycles. The summed E-state index contributed by atoms with van der Waals surface area (Å²) < 4.78 is 4.94. The second kappa shape index (κ2) is 3.43. The van der Waals surface area contributed by atoms with E-state index in [1.165, 1.54) is 19.1 Å². The van der Waals surface area contributed by atoms with Crippen LogP contribution in [0.3, 0.4) is 0 Å². The van der Waals surface area contributed by atoms with Crippen LogP contribution >= 0.6 is 0 Å². The van der Waals surface area contributed by atoms with Gasteiger partial charge in [0.25, 0.3) is 0 Å². The van der Waals surface area contributed by atoms with Crippen molar-refractivity contribution in [1.29, 1.82) is 0 Å². The van der Waals surface area contributed by atoms with Gasteiger partial charge in [-0.1, -0.05) is 0 Å². The molecule has 1 rings (SSSR count). The number of nitrogens with two attached hydrogens (primary N) is 1. The van der Waals surface area contributed by atoms with Gasteiger partial charge in [-0.15, -0.1) is 0 Å². The lowest BCUT2D eigenvalue weighted by Gasteiger charge is -2.24. The quantitative estimate of drug-likeness (QED) is 0.659. The SMILES string of the molecule is CC(N)C(C)(O)c1ccc(C(=O)O)o1. The molecule has 0 aliphatic heterocycles. The largest absolute Gasteiger partial charge is 0.475 e. The van der Waals surface area contributed by atoms with E-state index in [-0.39, 0.29) is 11.5 Å². The Hall–Kier alpha value is -1.33. The Morgan fingerprint density at radius 1 is 1.64 bits per heavy atom. The number of carboxylic acids is 1. The van der Waals surface area contributed by atoms with Crippen molar-refractivity contribution in [1.82, 2.24) is 0 Å². The second-order valence-corrected chi connectivity index (χ2v) is 3.41. The van der Waals surface area contributed by atoms with Gasteiger partial charge in [-0.25, -0.2) is 4.79 Å². The number of hydrogen-bond acceptors (Lipinski definition) is 4. The highest BCUT2D eigenvalue weighted by Crippen LogP contribution is 2.25. The van der Waals surface area contributed by atoms with Gasteiger partial charge in [0.1, 0.15) is 11.4 Å². The molecule has 0 spiro atoms. The fraction of sp³-hybridized carbons (Fsp3) is 0.444. The third kappa shape index (κ3) is 1.78. The molecule has 0 radical (unpaired) electrons. The lowest BCUT2D eigenvalue weighted by Crippen LogP contribution is -2.40. The fourth-order valence-electron chi connectivity index (χ4n) is 0.949. The zero-order valence-electron chi connectivity index (χ0n) is 8.02. The second-order valence-electron chi connectivity index (χ2n) is 3.41. The van der Waals surface area contributed by atoms with Gasteiger partial charge in [0.2, 0.25) is 5.76 Å². The van der Waals surface area contributed by atoms with Crippen LogP contribution in [0.25, 0.3) is 0 Å². The summed E-state index contributed by atoms with van der Waals surface area (Å²) in [6.07, 6.45) is 0. The van der Waals surface area contributed by atoms with Gasteiger partial charge in [0.15, 0.2) is 0 Å². The minimum Gasteiger partial charge on any atom is -0.475 e. The van der Waals surface area contributed by atoms with E-state index in [0.29, 0.717) is 0 Å². The fourth-order valence-corrected chi connectivity index (χ4v) is 0.949. The van der Waals surface area contributed by atoms with Crippen LogP contribution in [-0.2, 0) is 5.60 Å². The van der Waals surface area contributed by atoms with Crippen LogP contribution < -0.4 is 5.73 Å². The minimum absolute atomic E-state index is 0.157. The first-order valence-electron chi connectivity index (χ1n) is 4.17. The van der Waals surface area contributed by atoms with Crippen LogP contribution in [0.15, 0.2) is 16.5 Å². The maximum absolute atomic E-state index is 10.5. The number of rotatable bonds is 3. The summed E-state index contributed by atoms with van der Waals surface area (Å²) in [5.74, 6) is -1.22. The van der Waals surface area contributed by atoms with Gasteiger partial charge in [-0.05, 0) is 26.0 Å². The Bertz CT molecular complexity index is 340. The van der Waals surface area contributed by atoms with Crippen LogP contribution in [-0.4, -0.2) is 22.2 Å². The normalized spacial score (nSPS) is 17.4. The minimum atomic E-state index is -1.35. The van der Waals surface area contributed by atoms with Crippen LogP contribution in [0.5, 0.6) is 0 Å². The monoisotopic (exact) mass is 199 g/mol. The van der Waals surface area contributed by atoms with Gasteiger partial charge < -0.3 is 20.4 Å². The Kier molecular flexibility index (Phi) is 2.64. The molecule has 1 aromatic rings. The van der Waals surface area contributed by atoms with Gasteiger partial charge in [-0.2, -0.15) is 0 Å². The number of aliphatic hydroxyl groups is 1. The molecular weight excluding hydrogens is 186 g/mol. The summed E-state index contributed by atoms with van der Waals surface area (Å²) in [6, 6.07) is 2.15. The van der Waals surface area contributed by atoms with Crippen molar-refractivity contribution in [3.63, 3.8) is 0 Å². The highest BCUT2D eigenvalue weighted by molar-refractivity contribution is 5.84. The lowest BCUT2D eigenvalue weighted by atomic mass is 9.96. The molecule has 0 aromatic carbocycles. The average molecular weight is 199 g/mol. The van der Waals surface area contributed by atoms with Crippen molar-refractivity contribution in [2.24, 2.45) is 5.73 Å². The summed E-state index contributed by atoms with van der Waals surface area (Å²) in [6.45, 7) is 3.09. The number of aromatic carboxylic acids is 1. The zero-order chi connectivity index (χ0) is 10.9. The zero-order valence-corrected chi connectivity index (χ0v) is 8.02. The molecule has 0 aliphatic rings.